The molecule has 4 rings (SSSR count). The van der Waals surface area contributed by atoms with Crippen molar-refractivity contribution >= 4 is 12.1 Å². The maximum absolute atomic E-state index is 12.0. The highest BCUT2D eigenvalue weighted by Crippen LogP contribution is 2.25. The molecule has 0 bridgehead atoms. The van der Waals surface area contributed by atoms with Crippen molar-refractivity contribution in [2.24, 2.45) is 5.10 Å². The molecule has 0 saturated heterocycles. The van der Waals surface area contributed by atoms with Gasteiger partial charge in [-0.3, -0.25) is 4.79 Å². The minimum absolute atomic E-state index is 0.192. The van der Waals surface area contributed by atoms with Crippen molar-refractivity contribution in [3.05, 3.63) is 90.5 Å². The molecule has 7 nitrogen and oxygen atoms in total. The Balaban J connectivity index is 1.65. The molecule has 144 valence electrons. The van der Waals surface area contributed by atoms with Gasteiger partial charge >= 0.3 is 5.91 Å². The number of ether oxygens (including phenoxy) is 1. The lowest BCUT2D eigenvalue weighted by atomic mass is 10.1. The quantitative estimate of drug-likeness (QED) is 0.402. The lowest BCUT2D eigenvalue weighted by molar-refractivity contribution is 0.0927. The highest BCUT2D eigenvalue weighted by atomic mass is 16.5. The summed E-state index contributed by atoms with van der Waals surface area (Å²) in [6, 6.07) is 20.6. The van der Waals surface area contributed by atoms with Crippen LogP contribution in [-0.4, -0.2) is 29.0 Å². The fourth-order valence-electron chi connectivity index (χ4n) is 2.79. The Kier molecular flexibility index (Phi) is 5.20. The van der Waals surface area contributed by atoms with Gasteiger partial charge in [0.25, 0.3) is 0 Å². The Morgan fingerprint density at radius 2 is 1.90 bits per heavy atom. The number of aromatic nitrogens is 2. The van der Waals surface area contributed by atoms with Crippen molar-refractivity contribution in [1.29, 1.82) is 0 Å². The molecule has 0 atom stereocenters. The summed E-state index contributed by atoms with van der Waals surface area (Å²) in [5.74, 6) is 0.530. The molecule has 0 aliphatic rings. The highest BCUT2D eigenvalue weighted by molar-refractivity contribution is 5.93. The van der Waals surface area contributed by atoms with E-state index in [2.05, 4.69) is 10.5 Å². The molecule has 2 aromatic carbocycles. The van der Waals surface area contributed by atoms with Crippen LogP contribution >= 0.6 is 0 Å². The standard InChI is InChI=1S/C22H18N4O3/c1-28-19-11-9-16(10-12-19)21-17(14-23-24-22(27)20-8-5-13-29-20)15-26(25-21)18-6-3-2-4-7-18/h2-15H,1H3,(H,24,27)/b23-14-. The molecule has 29 heavy (non-hydrogen) atoms. The first-order chi connectivity index (χ1) is 14.2. The number of nitrogens with zero attached hydrogens (tertiary/aromatic N) is 3. The second-order valence-electron chi connectivity index (χ2n) is 6.12. The Morgan fingerprint density at radius 3 is 2.59 bits per heavy atom. The molecule has 2 aromatic heterocycles. The average Bonchev–Trinajstić information content (AvgIpc) is 3.45. The van der Waals surface area contributed by atoms with Crippen LogP contribution in [0.15, 0.2) is 88.7 Å². The van der Waals surface area contributed by atoms with E-state index in [4.69, 9.17) is 14.3 Å². The molecule has 0 spiro atoms. The lowest BCUT2D eigenvalue weighted by Gasteiger charge is -2.02. The third-order valence-corrected chi connectivity index (χ3v) is 4.24. The number of furan rings is 1. The van der Waals surface area contributed by atoms with Crippen LogP contribution in [0.5, 0.6) is 5.75 Å². The Morgan fingerprint density at radius 1 is 1.10 bits per heavy atom. The molecule has 1 N–H and O–H groups in total. The van der Waals surface area contributed by atoms with E-state index < -0.39 is 5.91 Å². The summed E-state index contributed by atoms with van der Waals surface area (Å²) in [6.07, 6.45) is 4.86. The summed E-state index contributed by atoms with van der Waals surface area (Å²) >= 11 is 0. The predicted molar refractivity (Wildman–Crippen MR) is 109 cm³/mol. The molecule has 0 radical (unpaired) electrons. The van der Waals surface area contributed by atoms with Crippen molar-refractivity contribution in [3.8, 4) is 22.7 Å². The summed E-state index contributed by atoms with van der Waals surface area (Å²) in [5.41, 5.74) is 5.76. The normalized spacial score (nSPS) is 10.9. The van der Waals surface area contributed by atoms with Crippen LogP contribution in [0.25, 0.3) is 16.9 Å². The molecule has 1 amide bonds. The maximum atomic E-state index is 12.0. The van der Waals surface area contributed by atoms with Crippen LogP contribution in [0.2, 0.25) is 0 Å². The molecule has 4 aromatic rings. The maximum Gasteiger partial charge on any atom is 0.307 e. The van der Waals surface area contributed by atoms with Crippen molar-refractivity contribution in [2.45, 2.75) is 0 Å². The van der Waals surface area contributed by atoms with E-state index in [9.17, 15) is 4.79 Å². The van der Waals surface area contributed by atoms with E-state index in [-0.39, 0.29) is 5.76 Å². The number of hydrazone groups is 1. The fraction of sp³-hybridized carbons (Fsp3) is 0.0455. The van der Waals surface area contributed by atoms with Crippen LogP contribution in [0.4, 0.5) is 0 Å². The van der Waals surface area contributed by atoms with Gasteiger partial charge in [-0.2, -0.15) is 10.2 Å². The molecular weight excluding hydrogens is 368 g/mol. The Labute approximate surface area is 167 Å². The zero-order valence-electron chi connectivity index (χ0n) is 15.6. The van der Waals surface area contributed by atoms with Crippen molar-refractivity contribution in [3.63, 3.8) is 0 Å². The monoisotopic (exact) mass is 386 g/mol. The number of rotatable bonds is 6. The van der Waals surface area contributed by atoms with Crippen LogP contribution in [0.1, 0.15) is 16.1 Å². The van der Waals surface area contributed by atoms with Crippen LogP contribution in [0.3, 0.4) is 0 Å². The molecule has 0 fully saturated rings. The molecule has 0 aliphatic heterocycles. The van der Waals surface area contributed by atoms with Gasteiger partial charge in [-0.05, 0) is 48.5 Å². The topological polar surface area (TPSA) is 81.6 Å². The van der Waals surface area contributed by atoms with Gasteiger partial charge in [-0.15, -0.1) is 0 Å². The molecule has 0 aliphatic carbocycles. The van der Waals surface area contributed by atoms with Gasteiger partial charge in [0, 0.05) is 17.3 Å². The number of hydrogen-bond acceptors (Lipinski definition) is 5. The predicted octanol–water partition coefficient (Wildman–Crippen LogP) is 3.90. The first-order valence-electron chi connectivity index (χ1n) is 8.91. The summed E-state index contributed by atoms with van der Waals surface area (Å²) in [7, 11) is 1.62. The van der Waals surface area contributed by atoms with Gasteiger partial charge in [0.15, 0.2) is 5.76 Å². The summed E-state index contributed by atoms with van der Waals surface area (Å²) in [6.45, 7) is 0. The molecular formula is C22H18N4O3. The fourth-order valence-corrected chi connectivity index (χ4v) is 2.79. The number of hydrogen-bond donors (Lipinski definition) is 1. The average molecular weight is 386 g/mol. The Bertz CT molecular complexity index is 1110. The van der Waals surface area contributed by atoms with Gasteiger partial charge in [0.1, 0.15) is 11.4 Å². The summed E-state index contributed by atoms with van der Waals surface area (Å²) in [4.78, 5) is 12.0. The molecule has 0 saturated carbocycles. The van der Waals surface area contributed by atoms with Gasteiger partial charge in [0.2, 0.25) is 0 Å². The Hall–Kier alpha value is -4.13. The zero-order chi connectivity index (χ0) is 20.1. The van der Waals surface area contributed by atoms with Gasteiger partial charge in [-0.1, -0.05) is 18.2 Å². The first-order valence-corrected chi connectivity index (χ1v) is 8.91. The van der Waals surface area contributed by atoms with E-state index in [0.29, 0.717) is 0 Å². The molecule has 7 heteroatoms. The van der Waals surface area contributed by atoms with Gasteiger partial charge in [-0.25, -0.2) is 10.1 Å². The van der Waals surface area contributed by atoms with Crippen molar-refractivity contribution < 1.29 is 13.9 Å². The number of carbonyl (C=O) groups excluding carboxylic acids is 1. The number of para-hydroxylation sites is 1. The minimum Gasteiger partial charge on any atom is -0.497 e. The van der Waals surface area contributed by atoms with Gasteiger partial charge < -0.3 is 9.15 Å². The number of benzene rings is 2. The first kappa shape index (κ1) is 18.2. The van der Waals surface area contributed by atoms with E-state index in [0.717, 1.165) is 28.3 Å². The zero-order valence-corrected chi connectivity index (χ0v) is 15.6. The second kappa shape index (κ2) is 8.26. The van der Waals surface area contributed by atoms with Crippen molar-refractivity contribution in [2.75, 3.05) is 7.11 Å². The second-order valence-corrected chi connectivity index (χ2v) is 6.12. The number of carbonyl (C=O) groups is 1. The van der Waals surface area contributed by atoms with Gasteiger partial charge in [0.05, 0.1) is 25.3 Å². The van der Waals surface area contributed by atoms with Crippen LogP contribution < -0.4 is 10.2 Å². The molecule has 0 unspecified atom stereocenters. The van der Waals surface area contributed by atoms with Crippen LogP contribution in [0, 0.1) is 0 Å². The van der Waals surface area contributed by atoms with E-state index in [1.54, 1.807) is 30.1 Å². The third kappa shape index (κ3) is 4.08. The SMILES string of the molecule is COc1ccc(-c2nn(-c3ccccc3)cc2/C=N\NC(=O)c2ccco2)cc1. The highest BCUT2D eigenvalue weighted by Gasteiger charge is 2.12. The third-order valence-electron chi connectivity index (χ3n) is 4.24. The van der Waals surface area contributed by atoms with E-state index >= 15 is 0 Å². The number of methoxy groups -OCH3 is 1. The lowest BCUT2D eigenvalue weighted by Crippen LogP contribution is -2.16. The van der Waals surface area contributed by atoms with Crippen molar-refractivity contribution in [1.82, 2.24) is 15.2 Å². The largest absolute Gasteiger partial charge is 0.497 e. The van der Waals surface area contributed by atoms with E-state index in [1.165, 1.54) is 6.26 Å². The number of nitrogens with one attached hydrogen (secondary N) is 1. The van der Waals surface area contributed by atoms with E-state index in [1.807, 2.05) is 60.8 Å². The summed E-state index contributed by atoms with van der Waals surface area (Å²) < 4.78 is 12.1. The smallest absolute Gasteiger partial charge is 0.307 e. The van der Waals surface area contributed by atoms with Crippen LogP contribution in [-0.2, 0) is 0 Å². The minimum atomic E-state index is -0.423. The molecule has 2 heterocycles. The summed E-state index contributed by atoms with van der Waals surface area (Å²) in [5, 5.41) is 8.77. The number of amides is 1.